The van der Waals surface area contributed by atoms with Gasteiger partial charge in [-0.05, 0) is 36.3 Å². The van der Waals surface area contributed by atoms with E-state index in [4.69, 9.17) is 5.11 Å². The van der Waals surface area contributed by atoms with Gasteiger partial charge >= 0.3 is 0 Å². The number of β-amino-alcohol motifs (C(OH)–C–C–N with tert-alkyl or cyclic N) is 1. The summed E-state index contributed by atoms with van der Waals surface area (Å²) in [6.07, 6.45) is 11.7. The van der Waals surface area contributed by atoms with Gasteiger partial charge in [-0.1, -0.05) is 32.1 Å². The van der Waals surface area contributed by atoms with Gasteiger partial charge in [-0.25, -0.2) is 4.98 Å². The van der Waals surface area contributed by atoms with Gasteiger partial charge in [-0.15, -0.1) is 0 Å². The first-order valence-electron chi connectivity index (χ1n) is 9.21. The van der Waals surface area contributed by atoms with Gasteiger partial charge in [-0.2, -0.15) is 0 Å². The van der Waals surface area contributed by atoms with Crippen LogP contribution in [0.5, 0.6) is 0 Å². The third-order valence-electron chi connectivity index (χ3n) is 4.60. The summed E-state index contributed by atoms with van der Waals surface area (Å²) in [5.41, 5.74) is 4.97. The van der Waals surface area contributed by atoms with E-state index in [2.05, 4.69) is 27.8 Å². The van der Waals surface area contributed by atoms with Crippen LogP contribution in [0, 0.1) is 0 Å². The van der Waals surface area contributed by atoms with Crippen LogP contribution in [-0.4, -0.2) is 45.2 Å². The molecule has 2 heterocycles. The predicted octanol–water partition coefficient (Wildman–Crippen LogP) is 3.01. The van der Waals surface area contributed by atoms with Crippen LogP contribution in [0.2, 0.25) is 0 Å². The summed E-state index contributed by atoms with van der Waals surface area (Å²) in [7, 11) is 0. The molecule has 0 bridgehead atoms. The average molecular weight is 351 g/mol. The second-order valence-electron chi connectivity index (χ2n) is 6.05. The highest BCUT2D eigenvalue weighted by Gasteiger charge is 2.24. The Morgan fingerprint density at radius 1 is 1.23 bits per heavy atom. The highest BCUT2D eigenvalue weighted by atomic mass is 16.3. The summed E-state index contributed by atoms with van der Waals surface area (Å²) >= 11 is 0. The normalized spacial score (nSPS) is 15.0. The summed E-state index contributed by atoms with van der Waals surface area (Å²) in [6.45, 7) is 5.05. The zero-order chi connectivity index (χ0) is 18.5. The van der Waals surface area contributed by atoms with E-state index < -0.39 is 0 Å². The minimum Gasteiger partial charge on any atom is -0.395 e. The molecule has 1 aliphatic carbocycles. The van der Waals surface area contributed by atoms with Crippen LogP contribution < -0.4 is 0 Å². The minimum absolute atomic E-state index is 0.000695. The Kier molecular flexibility index (Phi) is 5.68. The van der Waals surface area contributed by atoms with E-state index in [0.29, 0.717) is 13.1 Å². The Morgan fingerprint density at radius 3 is 2.88 bits per heavy atom. The molecule has 0 saturated heterocycles. The van der Waals surface area contributed by atoms with E-state index in [9.17, 15) is 4.79 Å². The molecule has 0 fully saturated rings. The number of amides is 1. The molecule has 0 atom stereocenters. The van der Waals surface area contributed by atoms with E-state index in [-0.39, 0.29) is 12.5 Å². The first-order valence-corrected chi connectivity index (χ1v) is 9.21. The lowest BCUT2D eigenvalue weighted by Gasteiger charge is -2.28. The first-order chi connectivity index (χ1) is 12.8. The highest BCUT2D eigenvalue weighted by molar-refractivity contribution is 5.97. The number of imidazole rings is 1. The smallest absolute Gasteiger partial charge is 0.254 e. The van der Waals surface area contributed by atoms with E-state index in [0.717, 1.165) is 41.0 Å². The van der Waals surface area contributed by atoms with Crippen molar-refractivity contribution in [1.82, 2.24) is 14.5 Å². The molecule has 0 unspecified atom stereocenters. The zero-order valence-corrected chi connectivity index (χ0v) is 15.4. The van der Waals surface area contributed by atoms with Crippen LogP contribution in [0.4, 0.5) is 0 Å². The van der Waals surface area contributed by atoms with Crippen molar-refractivity contribution in [2.24, 2.45) is 0 Å². The number of hydrogen-bond donors (Lipinski definition) is 1. The van der Waals surface area contributed by atoms with Crippen molar-refractivity contribution in [3.05, 3.63) is 65.3 Å². The van der Waals surface area contributed by atoms with Crippen molar-refractivity contribution in [3.63, 3.8) is 0 Å². The molecule has 0 radical (unpaired) electrons. The Bertz CT molecular complexity index is 849. The predicted molar refractivity (Wildman–Crippen MR) is 103 cm³/mol. The van der Waals surface area contributed by atoms with Gasteiger partial charge in [0.25, 0.3) is 5.91 Å². The van der Waals surface area contributed by atoms with E-state index in [1.807, 2.05) is 44.5 Å². The molecule has 1 aromatic heterocycles. The molecule has 1 N–H and O–H groups in total. The fourth-order valence-corrected chi connectivity index (χ4v) is 3.35. The lowest BCUT2D eigenvalue weighted by molar-refractivity contribution is 0.0705. The average Bonchev–Trinajstić information content (AvgIpc) is 2.94. The monoisotopic (exact) mass is 351 g/mol. The summed E-state index contributed by atoms with van der Waals surface area (Å²) in [5.74, 6) is 0.00501. The van der Waals surface area contributed by atoms with Gasteiger partial charge in [-0.3, -0.25) is 9.36 Å². The summed E-state index contributed by atoms with van der Waals surface area (Å²) in [5, 5.41) is 9.07. The number of carbonyl (C=O) groups is 1. The van der Waals surface area contributed by atoms with E-state index in [1.54, 1.807) is 4.90 Å². The molecule has 136 valence electrons. The van der Waals surface area contributed by atoms with Crippen LogP contribution in [0.25, 0.3) is 11.8 Å². The Labute approximate surface area is 154 Å². The maximum absolute atomic E-state index is 12.5. The molecule has 0 saturated carbocycles. The van der Waals surface area contributed by atoms with Crippen LogP contribution in [0.1, 0.15) is 41.2 Å². The molecule has 4 rings (SSSR count). The van der Waals surface area contributed by atoms with Gasteiger partial charge in [0.05, 0.1) is 18.0 Å². The maximum Gasteiger partial charge on any atom is 0.254 e. The third-order valence-corrected chi connectivity index (χ3v) is 4.60. The van der Waals surface area contributed by atoms with Crippen molar-refractivity contribution in [2.75, 3.05) is 19.7 Å². The van der Waals surface area contributed by atoms with Gasteiger partial charge in [0.15, 0.2) is 0 Å². The zero-order valence-electron chi connectivity index (χ0n) is 15.4. The SMILES string of the molecule is CC.O=C1c2ccc(-n3cnc4c3C=CC=CC4)cc2CCN1CCO. The van der Waals surface area contributed by atoms with Crippen molar-refractivity contribution in [3.8, 4) is 5.69 Å². The number of allylic oxidation sites excluding steroid dienone is 3. The molecule has 26 heavy (non-hydrogen) atoms. The molecular weight excluding hydrogens is 326 g/mol. The van der Waals surface area contributed by atoms with Gasteiger partial charge in [0.2, 0.25) is 0 Å². The summed E-state index contributed by atoms with van der Waals surface area (Å²) in [6, 6.07) is 5.94. The molecule has 1 aromatic carbocycles. The lowest BCUT2D eigenvalue weighted by Crippen LogP contribution is -2.39. The van der Waals surface area contributed by atoms with Crippen molar-refractivity contribution < 1.29 is 9.90 Å². The quantitative estimate of drug-likeness (QED) is 0.925. The molecule has 0 spiro atoms. The highest BCUT2D eigenvalue weighted by Crippen LogP contribution is 2.25. The van der Waals surface area contributed by atoms with Crippen LogP contribution >= 0.6 is 0 Å². The number of aromatic nitrogens is 2. The molecule has 2 aromatic rings. The van der Waals surface area contributed by atoms with Crippen LogP contribution in [0.3, 0.4) is 0 Å². The fourth-order valence-electron chi connectivity index (χ4n) is 3.35. The summed E-state index contributed by atoms with van der Waals surface area (Å²) in [4.78, 5) is 18.7. The molecular formula is C21H25N3O2. The number of aliphatic hydroxyl groups excluding tert-OH is 1. The molecule has 1 amide bonds. The first kappa shape index (κ1) is 18.1. The number of aliphatic hydroxyl groups is 1. The Hall–Kier alpha value is -2.66. The maximum atomic E-state index is 12.5. The standard InChI is InChI=1S/C19H19N3O2.C2H6/c23-11-10-21-9-8-14-12-15(6-7-16(14)19(21)24)22-13-20-17-4-2-1-3-5-18(17)22;1-2/h1-3,5-7,12-13,23H,4,8-11H2;1-2H3. The molecule has 2 aliphatic rings. The lowest BCUT2D eigenvalue weighted by atomic mass is 9.98. The second kappa shape index (κ2) is 8.15. The van der Waals surface area contributed by atoms with Crippen molar-refractivity contribution in [2.45, 2.75) is 26.7 Å². The number of benzene rings is 1. The number of fused-ring (bicyclic) bond motifs is 2. The van der Waals surface area contributed by atoms with Crippen LogP contribution in [0.15, 0.2) is 42.8 Å². The summed E-state index contributed by atoms with van der Waals surface area (Å²) < 4.78 is 2.07. The Balaban J connectivity index is 0.000000948. The van der Waals surface area contributed by atoms with Crippen molar-refractivity contribution in [1.29, 1.82) is 0 Å². The number of carbonyl (C=O) groups excluding carboxylic acids is 1. The third kappa shape index (κ3) is 3.35. The molecule has 5 heteroatoms. The number of hydrogen-bond acceptors (Lipinski definition) is 3. The number of nitrogens with zero attached hydrogens (tertiary/aromatic N) is 3. The number of rotatable bonds is 3. The van der Waals surface area contributed by atoms with E-state index >= 15 is 0 Å². The van der Waals surface area contributed by atoms with Gasteiger partial charge in [0, 0.05) is 30.8 Å². The van der Waals surface area contributed by atoms with Gasteiger partial charge in [0.1, 0.15) is 6.33 Å². The van der Waals surface area contributed by atoms with Gasteiger partial charge < -0.3 is 10.0 Å². The minimum atomic E-state index is 0.000695. The van der Waals surface area contributed by atoms with Crippen LogP contribution in [-0.2, 0) is 12.8 Å². The largest absolute Gasteiger partial charge is 0.395 e. The second-order valence-corrected chi connectivity index (χ2v) is 6.05. The van der Waals surface area contributed by atoms with E-state index in [1.165, 1.54) is 0 Å². The molecule has 1 aliphatic heterocycles. The molecule has 5 nitrogen and oxygen atoms in total. The Morgan fingerprint density at radius 2 is 2.08 bits per heavy atom. The topological polar surface area (TPSA) is 58.4 Å². The van der Waals surface area contributed by atoms with Crippen molar-refractivity contribution >= 4 is 12.0 Å². The fraction of sp³-hybridized carbons (Fsp3) is 0.333.